The molecule has 4 rings (SSSR count). The quantitative estimate of drug-likeness (QED) is 0.354. The van der Waals surface area contributed by atoms with Gasteiger partial charge in [-0.05, 0) is 64.7 Å². The number of amides is 3. The Morgan fingerprint density at radius 3 is 2.44 bits per heavy atom. The van der Waals surface area contributed by atoms with Crippen molar-refractivity contribution in [1.29, 1.82) is 0 Å². The molecule has 1 heterocycles. The van der Waals surface area contributed by atoms with Gasteiger partial charge in [0.1, 0.15) is 18.1 Å². The van der Waals surface area contributed by atoms with Gasteiger partial charge in [0, 0.05) is 0 Å². The topological polar surface area (TPSA) is 58.6 Å². The normalized spacial score (nSPS) is 14.7. The van der Waals surface area contributed by atoms with E-state index in [-0.39, 0.29) is 18.1 Å². The Bertz CT molecular complexity index is 1200. The Morgan fingerprint density at radius 1 is 0.938 bits per heavy atom. The number of imide groups is 1. The monoisotopic (exact) mass is 490 g/mol. The number of halogens is 1. The van der Waals surface area contributed by atoms with Crippen molar-refractivity contribution in [3.63, 3.8) is 0 Å². The summed E-state index contributed by atoms with van der Waals surface area (Å²) in [5, 5.41) is 2.67. The average molecular weight is 491 g/mol. The van der Waals surface area contributed by atoms with Gasteiger partial charge in [0.25, 0.3) is 5.91 Å². The molecule has 0 atom stereocenters. The number of carbonyl (C=O) groups is 2. The minimum Gasteiger partial charge on any atom is -0.488 e. The molecule has 0 radical (unpaired) electrons. The molecular formula is C26H23BrN2O3. The van der Waals surface area contributed by atoms with Gasteiger partial charge in [-0.3, -0.25) is 9.69 Å². The average Bonchev–Trinajstić information content (AvgIpc) is 3.02. The summed E-state index contributed by atoms with van der Waals surface area (Å²) in [4.78, 5) is 26.3. The van der Waals surface area contributed by atoms with Gasteiger partial charge in [-0.25, -0.2) is 4.79 Å². The number of ether oxygens (including phenoxy) is 1. The van der Waals surface area contributed by atoms with Crippen LogP contribution in [0.1, 0.15) is 27.8 Å². The van der Waals surface area contributed by atoms with E-state index in [2.05, 4.69) is 27.3 Å². The number of aryl methyl sites for hydroxylation is 2. The molecule has 32 heavy (non-hydrogen) atoms. The third-order valence-electron chi connectivity index (χ3n) is 5.17. The highest BCUT2D eigenvalue weighted by Crippen LogP contribution is 2.28. The molecule has 1 saturated heterocycles. The van der Waals surface area contributed by atoms with E-state index in [1.807, 2.05) is 74.5 Å². The molecular weight excluding hydrogens is 468 g/mol. The Morgan fingerprint density at radius 2 is 1.72 bits per heavy atom. The maximum atomic E-state index is 12.8. The van der Waals surface area contributed by atoms with Crippen LogP contribution in [0.25, 0.3) is 6.08 Å². The second kappa shape index (κ2) is 9.40. The van der Waals surface area contributed by atoms with Gasteiger partial charge >= 0.3 is 6.03 Å². The fourth-order valence-electron chi connectivity index (χ4n) is 3.44. The molecule has 3 aromatic carbocycles. The van der Waals surface area contributed by atoms with E-state index in [9.17, 15) is 9.59 Å². The Hall–Kier alpha value is -3.38. The number of urea groups is 1. The summed E-state index contributed by atoms with van der Waals surface area (Å²) < 4.78 is 6.69. The van der Waals surface area contributed by atoms with Crippen LogP contribution in [0.5, 0.6) is 5.75 Å². The molecule has 3 amide bonds. The summed E-state index contributed by atoms with van der Waals surface area (Å²) in [5.74, 6) is 0.364. The zero-order valence-corrected chi connectivity index (χ0v) is 19.5. The van der Waals surface area contributed by atoms with Crippen LogP contribution in [-0.2, 0) is 17.9 Å². The first-order valence-electron chi connectivity index (χ1n) is 10.3. The second-order valence-corrected chi connectivity index (χ2v) is 8.69. The molecule has 0 bridgehead atoms. The van der Waals surface area contributed by atoms with E-state index in [4.69, 9.17) is 4.74 Å². The molecule has 1 aliphatic heterocycles. The Kier molecular flexibility index (Phi) is 6.42. The first-order valence-corrected chi connectivity index (χ1v) is 11.1. The van der Waals surface area contributed by atoms with Gasteiger partial charge in [-0.15, -0.1) is 0 Å². The minimum absolute atomic E-state index is 0.234. The SMILES string of the molecule is Cc1ccc(CN2C(=O)N/C(=C/c3ccc(OCc4cccc(C)c4)c(Br)c3)C2=O)cc1. The fourth-order valence-corrected chi connectivity index (χ4v) is 3.96. The molecule has 162 valence electrons. The van der Waals surface area contributed by atoms with Crippen LogP contribution in [0.2, 0.25) is 0 Å². The first kappa shape index (κ1) is 21.8. The Labute approximate surface area is 195 Å². The number of hydrogen-bond donors (Lipinski definition) is 1. The van der Waals surface area contributed by atoms with E-state index in [0.29, 0.717) is 12.4 Å². The predicted molar refractivity (Wildman–Crippen MR) is 128 cm³/mol. The zero-order chi connectivity index (χ0) is 22.7. The van der Waals surface area contributed by atoms with Crippen LogP contribution in [0.4, 0.5) is 4.79 Å². The van der Waals surface area contributed by atoms with Crippen LogP contribution in [-0.4, -0.2) is 16.8 Å². The van der Waals surface area contributed by atoms with Crippen molar-refractivity contribution in [2.45, 2.75) is 27.0 Å². The van der Waals surface area contributed by atoms with Crippen molar-refractivity contribution in [1.82, 2.24) is 10.2 Å². The minimum atomic E-state index is -0.418. The number of hydrogen-bond acceptors (Lipinski definition) is 3. The lowest BCUT2D eigenvalue weighted by Gasteiger charge is -2.12. The van der Waals surface area contributed by atoms with E-state index in [1.54, 1.807) is 6.08 Å². The molecule has 6 heteroatoms. The molecule has 3 aromatic rings. The van der Waals surface area contributed by atoms with Crippen LogP contribution in [0.3, 0.4) is 0 Å². The molecule has 5 nitrogen and oxygen atoms in total. The van der Waals surface area contributed by atoms with E-state index in [1.165, 1.54) is 10.5 Å². The van der Waals surface area contributed by atoms with Gasteiger partial charge in [-0.2, -0.15) is 0 Å². The highest BCUT2D eigenvalue weighted by Gasteiger charge is 2.33. The number of nitrogens with zero attached hydrogens (tertiary/aromatic N) is 1. The molecule has 0 spiro atoms. The van der Waals surface area contributed by atoms with Crippen molar-refractivity contribution in [2.24, 2.45) is 0 Å². The van der Waals surface area contributed by atoms with Crippen molar-refractivity contribution in [3.8, 4) is 5.75 Å². The van der Waals surface area contributed by atoms with Crippen molar-refractivity contribution >= 4 is 33.9 Å². The lowest BCUT2D eigenvalue weighted by molar-refractivity contribution is -0.123. The largest absolute Gasteiger partial charge is 0.488 e. The summed E-state index contributed by atoms with van der Waals surface area (Å²) in [5.41, 5.74) is 5.34. The summed E-state index contributed by atoms with van der Waals surface area (Å²) >= 11 is 3.54. The number of rotatable bonds is 6. The number of carbonyl (C=O) groups excluding carboxylic acids is 2. The smallest absolute Gasteiger partial charge is 0.329 e. The highest BCUT2D eigenvalue weighted by molar-refractivity contribution is 9.10. The highest BCUT2D eigenvalue weighted by atomic mass is 79.9. The van der Waals surface area contributed by atoms with Gasteiger partial charge < -0.3 is 10.1 Å². The molecule has 1 aliphatic rings. The maximum absolute atomic E-state index is 12.8. The summed E-state index contributed by atoms with van der Waals surface area (Å²) in [7, 11) is 0. The van der Waals surface area contributed by atoms with Crippen molar-refractivity contribution in [3.05, 3.63) is 105 Å². The molecule has 1 N–H and O–H groups in total. The summed E-state index contributed by atoms with van der Waals surface area (Å²) in [6.07, 6.45) is 1.67. The lowest BCUT2D eigenvalue weighted by atomic mass is 10.1. The first-order chi connectivity index (χ1) is 15.4. The fraction of sp³-hybridized carbons (Fsp3) is 0.154. The van der Waals surface area contributed by atoms with Crippen molar-refractivity contribution in [2.75, 3.05) is 0 Å². The third-order valence-corrected chi connectivity index (χ3v) is 5.79. The van der Waals surface area contributed by atoms with Gasteiger partial charge in [0.15, 0.2) is 0 Å². The maximum Gasteiger partial charge on any atom is 0.329 e. The predicted octanol–water partition coefficient (Wildman–Crippen LogP) is 5.74. The molecule has 0 aliphatic carbocycles. The van der Waals surface area contributed by atoms with E-state index in [0.717, 1.165) is 26.7 Å². The standard InChI is InChI=1S/C26H23BrN2O3/c1-17-6-8-19(9-7-17)15-29-25(30)23(28-26(29)31)14-20-10-11-24(22(27)13-20)32-16-21-5-3-4-18(2)12-21/h3-14H,15-16H2,1-2H3,(H,28,31)/b23-14+. The van der Waals surface area contributed by atoms with E-state index >= 15 is 0 Å². The molecule has 0 aromatic heterocycles. The van der Waals surface area contributed by atoms with Crippen molar-refractivity contribution < 1.29 is 14.3 Å². The van der Waals surface area contributed by atoms with Crippen LogP contribution < -0.4 is 10.1 Å². The molecule has 0 unspecified atom stereocenters. The molecule has 1 fully saturated rings. The van der Waals surface area contributed by atoms with E-state index < -0.39 is 6.03 Å². The molecule has 0 saturated carbocycles. The van der Waals surface area contributed by atoms with Crippen LogP contribution in [0, 0.1) is 13.8 Å². The van der Waals surface area contributed by atoms with Gasteiger partial charge in [0.2, 0.25) is 0 Å². The zero-order valence-electron chi connectivity index (χ0n) is 17.9. The number of nitrogens with one attached hydrogen (secondary N) is 1. The summed E-state index contributed by atoms with van der Waals surface area (Å²) in [6, 6.07) is 21.1. The Balaban J connectivity index is 1.45. The van der Waals surface area contributed by atoms with Gasteiger partial charge in [-0.1, -0.05) is 65.7 Å². The second-order valence-electron chi connectivity index (χ2n) is 7.83. The van der Waals surface area contributed by atoms with Gasteiger partial charge in [0.05, 0.1) is 11.0 Å². The third kappa shape index (κ3) is 5.08. The summed E-state index contributed by atoms with van der Waals surface area (Å²) in [6.45, 7) is 4.74. The van der Waals surface area contributed by atoms with Crippen LogP contribution in [0.15, 0.2) is 76.9 Å². The lowest BCUT2D eigenvalue weighted by Crippen LogP contribution is -2.30. The van der Waals surface area contributed by atoms with Crippen LogP contribution >= 0.6 is 15.9 Å². The number of benzene rings is 3.